The van der Waals surface area contributed by atoms with Crippen molar-refractivity contribution in [3.05, 3.63) is 48.6 Å². The molecule has 1 amide bonds. The Morgan fingerprint density at radius 2 is 0.934 bits per heavy atom. The van der Waals surface area contributed by atoms with Crippen LogP contribution in [0, 0.1) is 0 Å². The normalized spacial score (nSPS) is 13.6. The molecule has 0 saturated heterocycles. The summed E-state index contributed by atoms with van der Waals surface area (Å²) in [6.07, 6.45) is 58.9. The summed E-state index contributed by atoms with van der Waals surface area (Å²) in [5.74, 6) is -0.514. The standard InChI is InChI=1S/C55H101NO5/c1-4-7-10-13-16-19-22-25-27-28-30-33-36-39-42-45-48-55(60)61-51(46-43-40-37-34-31-24-21-18-15-12-9-6-3)49-54(59)56-52(50-57)53(58)47-44-41-38-35-32-29-26-23-20-17-14-11-8-5-2/h9,12,18,21,27-28,30,33,51-53,57-58H,4-8,10-11,13-17,19-20,22-26,29,31-32,34-50H2,1-3H3,(H,56,59)/b12-9+,21-18+,28-27+,33-30+. The van der Waals surface area contributed by atoms with Gasteiger partial charge in [-0.25, -0.2) is 0 Å². The molecule has 3 unspecified atom stereocenters. The van der Waals surface area contributed by atoms with E-state index in [2.05, 4.69) is 74.7 Å². The average Bonchev–Trinajstić information content (AvgIpc) is 3.25. The zero-order valence-electron chi connectivity index (χ0n) is 40.5. The molecule has 0 radical (unpaired) electrons. The van der Waals surface area contributed by atoms with Gasteiger partial charge in [-0.1, -0.05) is 223 Å². The first kappa shape index (κ1) is 58.8. The number of hydrogen-bond donors (Lipinski definition) is 3. The molecule has 0 spiro atoms. The third-order valence-electron chi connectivity index (χ3n) is 11.9. The van der Waals surface area contributed by atoms with Crippen LogP contribution in [0.15, 0.2) is 48.6 Å². The molecular formula is C55H101NO5. The summed E-state index contributed by atoms with van der Waals surface area (Å²) in [7, 11) is 0. The van der Waals surface area contributed by atoms with Crippen LogP contribution in [0.1, 0.15) is 265 Å². The van der Waals surface area contributed by atoms with E-state index in [1.807, 2.05) is 0 Å². The highest BCUT2D eigenvalue weighted by Gasteiger charge is 2.24. The fourth-order valence-corrected chi connectivity index (χ4v) is 7.93. The third kappa shape index (κ3) is 44.2. The summed E-state index contributed by atoms with van der Waals surface area (Å²) >= 11 is 0. The molecule has 0 aliphatic carbocycles. The molecule has 0 aromatic rings. The largest absolute Gasteiger partial charge is 0.462 e. The van der Waals surface area contributed by atoms with Gasteiger partial charge in [-0.05, 0) is 77.0 Å². The Morgan fingerprint density at radius 1 is 0.508 bits per heavy atom. The molecule has 0 fully saturated rings. The van der Waals surface area contributed by atoms with Gasteiger partial charge >= 0.3 is 5.97 Å². The maximum absolute atomic E-state index is 13.2. The molecule has 0 bridgehead atoms. The maximum atomic E-state index is 13.2. The minimum Gasteiger partial charge on any atom is -0.462 e. The van der Waals surface area contributed by atoms with Crippen LogP contribution in [-0.2, 0) is 14.3 Å². The topological polar surface area (TPSA) is 95.9 Å². The Bertz CT molecular complexity index is 1050. The van der Waals surface area contributed by atoms with Crippen molar-refractivity contribution in [2.75, 3.05) is 6.61 Å². The van der Waals surface area contributed by atoms with Gasteiger partial charge in [0, 0.05) is 6.42 Å². The SMILES string of the molecule is CC/C=C/C/C=C/CCCCCCCC(CC(=O)NC(CO)C(O)CCCCCCCCCCCCCCCC)OC(=O)CCCCC/C=C/C=C/CCCCCCCCC. The zero-order chi connectivity index (χ0) is 44.5. The number of aliphatic hydroxyl groups is 2. The molecule has 0 heterocycles. The van der Waals surface area contributed by atoms with Crippen LogP contribution in [0.5, 0.6) is 0 Å². The van der Waals surface area contributed by atoms with E-state index < -0.39 is 18.2 Å². The average molecular weight is 856 g/mol. The summed E-state index contributed by atoms with van der Waals surface area (Å²) in [6, 6.07) is -0.711. The van der Waals surface area contributed by atoms with E-state index in [0.717, 1.165) is 89.9 Å². The Balaban J connectivity index is 4.58. The fraction of sp³-hybridized carbons (Fsp3) is 0.818. The number of carbonyl (C=O) groups is 2. The number of hydrogen-bond acceptors (Lipinski definition) is 5. The number of rotatable bonds is 47. The van der Waals surface area contributed by atoms with Crippen LogP contribution >= 0.6 is 0 Å². The van der Waals surface area contributed by atoms with E-state index >= 15 is 0 Å². The lowest BCUT2D eigenvalue weighted by Gasteiger charge is -2.24. The van der Waals surface area contributed by atoms with E-state index in [-0.39, 0.29) is 24.9 Å². The van der Waals surface area contributed by atoms with Gasteiger partial charge in [-0.3, -0.25) is 9.59 Å². The first-order valence-electron chi connectivity index (χ1n) is 26.4. The lowest BCUT2D eigenvalue weighted by molar-refractivity contribution is -0.151. The van der Waals surface area contributed by atoms with Crippen LogP contribution in [-0.4, -0.2) is 46.9 Å². The van der Waals surface area contributed by atoms with Gasteiger partial charge < -0.3 is 20.3 Å². The number of aliphatic hydroxyl groups excluding tert-OH is 2. The van der Waals surface area contributed by atoms with Crippen molar-refractivity contribution in [3.8, 4) is 0 Å². The number of esters is 1. The first-order chi connectivity index (χ1) is 30.0. The Morgan fingerprint density at radius 3 is 1.43 bits per heavy atom. The number of carbonyl (C=O) groups excluding carboxylic acids is 2. The predicted molar refractivity (Wildman–Crippen MR) is 264 cm³/mol. The maximum Gasteiger partial charge on any atom is 0.306 e. The lowest BCUT2D eigenvalue weighted by atomic mass is 10.0. The van der Waals surface area contributed by atoms with E-state index in [1.54, 1.807) is 0 Å². The van der Waals surface area contributed by atoms with Crippen molar-refractivity contribution in [1.82, 2.24) is 5.32 Å². The fourth-order valence-electron chi connectivity index (χ4n) is 7.93. The third-order valence-corrected chi connectivity index (χ3v) is 11.9. The highest BCUT2D eigenvalue weighted by molar-refractivity contribution is 5.77. The smallest absolute Gasteiger partial charge is 0.306 e. The van der Waals surface area contributed by atoms with Crippen molar-refractivity contribution in [2.24, 2.45) is 0 Å². The Hall–Kier alpha value is -2.18. The highest BCUT2D eigenvalue weighted by atomic mass is 16.5. The van der Waals surface area contributed by atoms with Crippen molar-refractivity contribution >= 4 is 11.9 Å². The van der Waals surface area contributed by atoms with Crippen LogP contribution in [0.3, 0.4) is 0 Å². The molecule has 0 aromatic carbocycles. The van der Waals surface area contributed by atoms with Crippen molar-refractivity contribution in [2.45, 2.75) is 283 Å². The van der Waals surface area contributed by atoms with E-state index in [1.165, 1.54) is 128 Å². The molecule has 0 rings (SSSR count). The van der Waals surface area contributed by atoms with Gasteiger partial charge in [0.25, 0.3) is 0 Å². The summed E-state index contributed by atoms with van der Waals surface area (Å²) in [5, 5.41) is 23.8. The zero-order valence-corrected chi connectivity index (χ0v) is 40.5. The molecule has 0 aliphatic rings. The van der Waals surface area contributed by atoms with Crippen LogP contribution in [0.2, 0.25) is 0 Å². The molecule has 0 aliphatic heterocycles. The van der Waals surface area contributed by atoms with E-state index in [4.69, 9.17) is 4.74 Å². The lowest BCUT2D eigenvalue weighted by Crippen LogP contribution is -2.46. The van der Waals surface area contributed by atoms with Crippen molar-refractivity contribution < 1.29 is 24.5 Å². The number of amides is 1. The molecule has 0 aromatic heterocycles. The molecule has 356 valence electrons. The summed E-state index contributed by atoms with van der Waals surface area (Å²) < 4.78 is 5.92. The van der Waals surface area contributed by atoms with Gasteiger partial charge in [0.05, 0.1) is 25.2 Å². The van der Waals surface area contributed by atoms with Gasteiger partial charge in [0.15, 0.2) is 0 Å². The molecule has 6 nitrogen and oxygen atoms in total. The number of unbranched alkanes of at least 4 members (excludes halogenated alkanes) is 28. The molecular weight excluding hydrogens is 755 g/mol. The van der Waals surface area contributed by atoms with Crippen LogP contribution < -0.4 is 5.32 Å². The summed E-state index contributed by atoms with van der Waals surface area (Å²) in [4.78, 5) is 26.1. The van der Waals surface area contributed by atoms with Crippen molar-refractivity contribution in [3.63, 3.8) is 0 Å². The quantitative estimate of drug-likeness (QED) is 0.0245. The predicted octanol–water partition coefficient (Wildman–Crippen LogP) is 15.8. The monoisotopic (exact) mass is 856 g/mol. The molecule has 6 heteroatoms. The Kier molecular flexibility index (Phi) is 47.1. The second-order valence-corrected chi connectivity index (χ2v) is 17.9. The molecule has 61 heavy (non-hydrogen) atoms. The number of nitrogens with one attached hydrogen (secondary N) is 1. The minimum atomic E-state index is -0.796. The number of ether oxygens (including phenoxy) is 1. The second kappa shape index (κ2) is 48.8. The summed E-state index contributed by atoms with van der Waals surface area (Å²) in [5.41, 5.74) is 0. The summed E-state index contributed by atoms with van der Waals surface area (Å²) in [6.45, 7) is 6.37. The minimum absolute atomic E-state index is 0.0579. The highest BCUT2D eigenvalue weighted by Crippen LogP contribution is 2.18. The number of allylic oxidation sites excluding steroid dienone is 8. The van der Waals surface area contributed by atoms with Gasteiger partial charge in [0.2, 0.25) is 5.91 Å². The molecule has 3 atom stereocenters. The van der Waals surface area contributed by atoms with Crippen molar-refractivity contribution in [1.29, 1.82) is 0 Å². The molecule has 0 saturated carbocycles. The van der Waals surface area contributed by atoms with E-state index in [0.29, 0.717) is 19.3 Å². The van der Waals surface area contributed by atoms with Gasteiger partial charge in [-0.2, -0.15) is 0 Å². The van der Waals surface area contributed by atoms with Crippen LogP contribution in [0.4, 0.5) is 0 Å². The molecule has 3 N–H and O–H groups in total. The first-order valence-corrected chi connectivity index (χ1v) is 26.4. The Labute approximate surface area is 378 Å². The van der Waals surface area contributed by atoms with E-state index in [9.17, 15) is 19.8 Å². The van der Waals surface area contributed by atoms with Gasteiger partial charge in [-0.15, -0.1) is 0 Å². The second-order valence-electron chi connectivity index (χ2n) is 17.9. The van der Waals surface area contributed by atoms with Gasteiger partial charge in [0.1, 0.15) is 6.10 Å². The van der Waals surface area contributed by atoms with Crippen LogP contribution in [0.25, 0.3) is 0 Å².